The van der Waals surface area contributed by atoms with Crippen LogP contribution in [-0.4, -0.2) is 11.7 Å². The van der Waals surface area contributed by atoms with Crippen molar-refractivity contribution in [2.75, 3.05) is 5.32 Å². The molecule has 1 aromatic carbocycles. The molecule has 2 rings (SSSR count). The smallest absolute Gasteiger partial charge is 0.326 e. The zero-order chi connectivity index (χ0) is 17.9. The molecule has 0 aliphatic heterocycles. The van der Waals surface area contributed by atoms with Gasteiger partial charge in [-0.25, -0.2) is 0 Å². The van der Waals surface area contributed by atoms with E-state index in [0.29, 0.717) is 5.56 Å². The van der Waals surface area contributed by atoms with Crippen LogP contribution in [0.3, 0.4) is 0 Å². The fourth-order valence-electron chi connectivity index (χ4n) is 2.27. The number of hydrogen-bond donors (Lipinski definition) is 1. The lowest BCUT2D eigenvalue weighted by Gasteiger charge is -2.09. The molecule has 1 aromatic heterocycles. The summed E-state index contributed by atoms with van der Waals surface area (Å²) in [5, 5.41) is 2.39. The second-order valence-corrected chi connectivity index (χ2v) is 6.84. The number of anilines is 1. The monoisotopic (exact) mass is 355 g/mol. The van der Waals surface area contributed by atoms with E-state index < -0.39 is 17.6 Å². The summed E-state index contributed by atoms with van der Waals surface area (Å²) in [5.41, 5.74) is -0.171. The van der Waals surface area contributed by atoms with Gasteiger partial charge < -0.3 is 5.32 Å². The van der Waals surface area contributed by atoms with E-state index in [1.54, 1.807) is 6.07 Å². The maximum atomic E-state index is 12.6. The van der Waals surface area contributed by atoms with Crippen molar-refractivity contribution in [3.63, 3.8) is 0 Å². The van der Waals surface area contributed by atoms with Crippen LogP contribution in [0.1, 0.15) is 38.5 Å². The number of benzene rings is 1. The maximum absolute atomic E-state index is 12.6. The van der Waals surface area contributed by atoms with Crippen LogP contribution in [0, 0.1) is 13.8 Å². The number of hydrogen-bond acceptors (Lipinski definition) is 3. The summed E-state index contributed by atoms with van der Waals surface area (Å²) in [6, 6.07) is 6.18. The second-order valence-electron chi connectivity index (χ2n) is 5.38. The normalized spacial score (nSPS) is 11.4. The van der Waals surface area contributed by atoms with Gasteiger partial charge in [-0.05, 0) is 38.1 Å². The lowest BCUT2D eigenvalue weighted by atomic mass is 10.1. The van der Waals surface area contributed by atoms with E-state index in [9.17, 15) is 22.8 Å². The molecule has 128 valence electrons. The highest BCUT2D eigenvalue weighted by Crippen LogP contribution is 2.30. The fourth-order valence-corrected chi connectivity index (χ4v) is 3.21. The van der Waals surface area contributed by atoms with E-state index in [0.717, 1.165) is 21.9 Å². The summed E-state index contributed by atoms with van der Waals surface area (Å²) in [6.45, 7) is 3.74. The summed E-state index contributed by atoms with van der Waals surface area (Å²) in [7, 11) is 0. The van der Waals surface area contributed by atoms with E-state index in [1.807, 2.05) is 13.8 Å². The van der Waals surface area contributed by atoms with Crippen molar-refractivity contribution >= 4 is 28.7 Å². The zero-order valence-corrected chi connectivity index (χ0v) is 14.0. The molecule has 0 aliphatic rings. The highest BCUT2D eigenvalue weighted by molar-refractivity contribution is 7.12. The van der Waals surface area contributed by atoms with Gasteiger partial charge in [0.15, 0.2) is 5.78 Å². The number of thiophene rings is 1. The number of ketones is 1. The van der Waals surface area contributed by atoms with Gasteiger partial charge in [0.2, 0.25) is 5.91 Å². The first-order valence-electron chi connectivity index (χ1n) is 7.24. The van der Waals surface area contributed by atoms with Crippen LogP contribution in [0.5, 0.6) is 0 Å². The van der Waals surface area contributed by atoms with Crippen molar-refractivity contribution in [1.29, 1.82) is 0 Å². The molecule has 0 radical (unpaired) electrons. The molecule has 7 heteroatoms. The molecular formula is C17H16F3NO2S. The SMILES string of the molecule is Cc1cc(C(=O)CCC(=O)Nc2cccc(C(F)(F)F)c2)c(C)s1. The van der Waals surface area contributed by atoms with Gasteiger partial charge in [-0.15, -0.1) is 11.3 Å². The molecule has 2 aromatic rings. The van der Waals surface area contributed by atoms with Crippen molar-refractivity contribution in [2.24, 2.45) is 0 Å². The Bertz CT molecular complexity index is 765. The molecule has 3 nitrogen and oxygen atoms in total. The summed E-state index contributed by atoms with van der Waals surface area (Å²) < 4.78 is 37.9. The first-order chi connectivity index (χ1) is 11.2. The summed E-state index contributed by atoms with van der Waals surface area (Å²) >= 11 is 1.51. The highest BCUT2D eigenvalue weighted by Gasteiger charge is 2.30. The average Bonchev–Trinajstić information content (AvgIpc) is 2.83. The Balaban J connectivity index is 1.94. The second kappa shape index (κ2) is 7.17. The van der Waals surface area contributed by atoms with Crippen molar-refractivity contribution < 1.29 is 22.8 Å². The van der Waals surface area contributed by atoms with E-state index in [1.165, 1.54) is 23.5 Å². The predicted molar refractivity (Wildman–Crippen MR) is 87.4 cm³/mol. The Morgan fingerprint density at radius 3 is 2.42 bits per heavy atom. The minimum absolute atomic E-state index is 0.0157. The Labute approximate surface area is 141 Å². The van der Waals surface area contributed by atoms with Crippen LogP contribution in [-0.2, 0) is 11.0 Å². The molecule has 24 heavy (non-hydrogen) atoms. The molecule has 0 atom stereocenters. The summed E-state index contributed by atoms with van der Waals surface area (Å²) in [4.78, 5) is 25.9. The first kappa shape index (κ1) is 18.2. The maximum Gasteiger partial charge on any atom is 0.416 e. The molecule has 0 bridgehead atoms. The van der Waals surface area contributed by atoms with Crippen LogP contribution in [0.25, 0.3) is 0 Å². The molecule has 0 aliphatic carbocycles. The molecule has 1 N–H and O–H groups in total. The van der Waals surface area contributed by atoms with Crippen molar-refractivity contribution in [3.8, 4) is 0 Å². The van der Waals surface area contributed by atoms with Crippen LogP contribution >= 0.6 is 11.3 Å². The van der Waals surface area contributed by atoms with Gasteiger partial charge in [-0.1, -0.05) is 6.07 Å². The van der Waals surface area contributed by atoms with Gasteiger partial charge in [-0.3, -0.25) is 9.59 Å². The number of amides is 1. The van der Waals surface area contributed by atoms with Crippen molar-refractivity contribution in [2.45, 2.75) is 32.9 Å². The van der Waals surface area contributed by atoms with Gasteiger partial charge in [0.25, 0.3) is 0 Å². The fraction of sp³-hybridized carbons (Fsp3) is 0.294. The van der Waals surface area contributed by atoms with Gasteiger partial charge in [0.1, 0.15) is 0 Å². The van der Waals surface area contributed by atoms with E-state index in [2.05, 4.69) is 5.32 Å². The topological polar surface area (TPSA) is 46.2 Å². The number of Topliss-reactive ketones (excluding diaryl/α,β-unsaturated/α-hetero) is 1. The van der Waals surface area contributed by atoms with Crippen molar-refractivity contribution in [3.05, 3.63) is 51.2 Å². The third-order valence-corrected chi connectivity index (χ3v) is 4.36. The van der Waals surface area contributed by atoms with Crippen LogP contribution in [0.2, 0.25) is 0 Å². The van der Waals surface area contributed by atoms with Crippen molar-refractivity contribution in [1.82, 2.24) is 0 Å². The standard InChI is InChI=1S/C17H16F3NO2S/c1-10-8-14(11(2)24-10)15(22)6-7-16(23)21-13-5-3-4-12(9-13)17(18,19)20/h3-5,8-9H,6-7H2,1-2H3,(H,21,23). The first-order valence-corrected chi connectivity index (χ1v) is 8.06. The Morgan fingerprint density at radius 2 is 1.83 bits per heavy atom. The molecule has 1 amide bonds. The van der Waals surface area contributed by atoms with Crippen LogP contribution < -0.4 is 5.32 Å². The molecule has 0 fully saturated rings. The summed E-state index contributed by atoms with van der Waals surface area (Å²) in [5.74, 6) is -0.636. The highest BCUT2D eigenvalue weighted by atomic mass is 32.1. The predicted octanol–water partition coefficient (Wildman–Crippen LogP) is 4.99. The van der Waals surface area contributed by atoms with Crippen LogP contribution in [0.4, 0.5) is 18.9 Å². The van der Waals surface area contributed by atoms with E-state index in [4.69, 9.17) is 0 Å². The molecule has 0 unspecified atom stereocenters. The number of nitrogens with one attached hydrogen (secondary N) is 1. The average molecular weight is 355 g/mol. The molecular weight excluding hydrogens is 339 g/mol. The van der Waals surface area contributed by atoms with Gasteiger partial charge in [0.05, 0.1) is 5.56 Å². The van der Waals surface area contributed by atoms with Crippen LogP contribution in [0.15, 0.2) is 30.3 Å². The molecule has 0 spiro atoms. The molecule has 0 saturated heterocycles. The number of alkyl halides is 3. The number of carbonyl (C=O) groups excluding carboxylic acids is 2. The third-order valence-electron chi connectivity index (χ3n) is 3.39. The van der Waals surface area contributed by atoms with E-state index in [-0.39, 0.29) is 24.3 Å². The number of aryl methyl sites for hydroxylation is 2. The summed E-state index contributed by atoms with van der Waals surface area (Å²) in [6.07, 6.45) is -4.53. The lowest BCUT2D eigenvalue weighted by Crippen LogP contribution is -2.14. The minimum Gasteiger partial charge on any atom is -0.326 e. The largest absolute Gasteiger partial charge is 0.416 e. The molecule has 0 saturated carbocycles. The number of halogens is 3. The third kappa shape index (κ3) is 4.67. The lowest BCUT2D eigenvalue weighted by molar-refractivity contribution is -0.137. The van der Waals surface area contributed by atoms with Gasteiger partial charge in [-0.2, -0.15) is 13.2 Å². The quantitative estimate of drug-likeness (QED) is 0.769. The number of rotatable bonds is 5. The Kier molecular flexibility index (Phi) is 5.43. The Hall–Kier alpha value is -2.15. The minimum atomic E-state index is -4.47. The Morgan fingerprint density at radius 1 is 1.12 bits per heavy atom. The van der Waals surface area contributed by atoms with E-state index >= 15 is 0 Å². The molecule has 1 heterocycles. The van der Waals surface area contributed by atoms with Gasteiger partial charge >= 0.3 is 6.18 Å². The van der Waals surface area contributed by atoms with Gasteiger partial charge in [0, 0.05) is 33.8 Å². The number of carbonyl (C=O) groups is 2. The zero-order valence-electron chi connectivity index (χ0n) is 13.2.